The average molecular weight is 519 g/mol. The fourth-order valence-electron chi connectivity index (χ4n) is 4.00. The number of aryl methyl sites for hydroxylation is 1. The van der Waals surface area contributed by atoms with Gasteiger partial charge < -0.3 is 14.2 Å². The van der Waals surface area contributed by atoms with Gasteiger partial charge in [0.1, 0.15) is 0 Å². The molecular weight excluding hydrogens is 502 g/mol. The van der Waals surface area contributed by atoms with Gasteiger partial charge in [-0.2, -0.15) is 13.2 Å². The normalized spacial score (nSPS) is 16.7. The number of esters is 1. The number of aromatic nitrogens is 2. The molecule has 10 heteroatoms. The van der Waals surface area contributed by atoms with Crippen LogP contribution in [0.25, 0.3) is 0 Å². The van der Waals surface area contributed by atoms with Gasteiger partial charge in [-0.1, -0.05) is 0 Å². The third kappa shape index (κ3) is 3.40. The Balaban J connectivity index is 1.80. The second kappa shape index (κ2) is 7.29. The molecule has 154 valence electrons. The topological polar surface area (TPSA) is 64.4 Å². The number of hydrogen-bond donors (Lipinski definition) is 0. The third-order valence-corrected chi connectivity index (χ3v) is 5.83. The van der Waals surface area contributed by atoms with Crippen LogP contribution in [-0.2, 0) is 35.2 Å². The number of halogens is 4. The van der Waals surface area contributed by atoms with E-state index in [-0.39, 0.29) is 24.3 Å². The van der Waals surface area contributed by atoms with Crippen molar-refractivity contribution in [3.05, 3.63) is 50.1 Å². The maximum atomic E-state index is 13.6. The summed E-state index contributed by atoms with van der Waals surface area (Å²) in [4.78, 5) is 31.3. The maximum Gasteiger partial charge on any atom is 0.416 e. The summed E-state index contributed by atoms with van der Waals surface area (Å²) in [6, 6.07) is 1.26. The number of ether oxygens (including phenoxy) is 1. The monoisotopic (exact) mass is 519 g/mol. The molecule has 0 saturated carbocycles. The lowest BCUT2D eigenvalue weighted by Gasteiger charge is -2.25. The molecule has 1 amide bonds. The first-order valence-corrected chi connectivity index (χ1v) is 10.2. The standard InChI is InChI=1S/C19H17F3IN3O3/c1-2-29-18(28)16(15-14-4-3-5-25(14)9-24-15)26-8-12-11(17(26)27)6-10(23)7-13(12)19(20,21)22/h6-7,9,16H,2-5,8H2,1H3/t16-/m1/s1. The molecule has 2 aliphatic rings. The molecule has 2 aromatic rings. The largest absolute Gasteiger partial charge is 0.464 e. The fraction of sp³-hybridized carbons (Fsp3) is 0.421. The summed E-state index contributed by atoms with van der Waals surface area (Å²) in [6.45, 7) is 2.15. The molecule has 4 rings (SSSR count). The number of alkyl halides is 3. The number of hydrogen-bond acceptors (Lipinski definition) is 4. The molecule has 29 heavy (non-hydrogen) atoms. The van der Waals surface area contributed by atoms with E-state index in [1.165, 1.54) is 6.07 Å². The van der Waals surface area contributed by atoms with Gasteiger partial charge in [0.25, 0.3) is 5.91 Å². The van der Waals surface area contributed by atoms with E-state index in [2.05, 4.69) is 4.98 Å². The summed E-state index contributed by atoms with van der Waals surface area (Å²) in [7, 11) is 0. The molecule has 0 fully saturated rings. The molecule has 0 radical (unpaired) electrons. The van der Waals surface area contributed by atoms with Gasteiger partial charge in [0.2, 0.25) is 0 Å². The highest BCUT2D eigenvalue weighted by atomic mass is 127. The molecule has 1 aromatic carbocycles. The number of carbonyl (C=O) groups excluding carboxylic acids is 2. The van der Waals surface area contributed by atoms with Crippen LogP contribution in [0.4, 0.5) is 13.2 Å². The highest BCUT2D eigenvalue weighted by Crippen LogP contribution is 2.41. The zero-order chi connectivity index (χ0) is 20.9. The summed E-state index contributed by atoms with van der Waals surface area (Å²) < 4.78 is 48.1. The molecule has 0 spiro atoms. The van der Waals surface area contributed by atoms with Gasteiger partial charge in [-0.05, 0) is 60.1 Å². The molecule has 0 aliphatic carbocycles. The van der Waals surface area contributed by atoms with Crippen molar-refractivity contribution in [1.82, 2.24) is 14.5 Å². The van der Waals surface area contributed by atoms with Crippen molar-refractivity contribution < 1.29 is 27.5 Å². The smallest absolute Gasteiger partial charge is 0.416 e. The van der Waals surface area contributed by atoms with Crippen LogP contribution in [0.15, 0.2) is 18.5 Å². The molecule has 0 unspecified atom stereocenters. The molecule has 0 bridgehead atoms. The first-order chi connectivity index (χ1) is 13.7. The minimum Gasteiger partial charge on any atom is -0.464 e. The second-order valence-corrected chi connectivity index (χ2v) is 8.18. The van der Waals surface area contributed by atoms with Crippen molar-refractivity contribution in [3.63, 3.8) is 0 Å². The van der Waals surface area contributed by atoms with Gasteiger partial charge >= 0.3 is 12.1 Å². The van der Waals surface area contributed by atoms with Gasteiger partial charge in [-0.3, -0.25) is 4.79 Å². The van der Waals surface area contributed by atoms with E-state index in [1.54, 1.807) is 35.8 Å². The lowest BCUT2D eigenvalue weighted by atomic mass is 10.0. The van der Waals surface area contributed by atoms with E-state index in [0.29, 0.717) is 15.7 Å². The first-order valence-electron chi connectivity index (χ1n) is 9.13. The molecule has 1 atom stereocenters. The zero-order valence-corrected chi connectivity index (χ0v) is 17.6. The first kappa shape index (κ1) is 20.2. The minimum atomic E-state index is -4.60. The summed E-state index contributed by atoms with van der Waals surface area (Å²) in [6.07, 6.45) is -1.44. The van der Waals surface area contributed by atoms with Crippen molar-refractivity contribution in [2.24, 2.45) is 0 Å². The van der Waals surface area contributed by atoms with Crippen LogP contribution in [-0.4, -0.2) is 32.9 Å². The zero-order valence-electron chi connectivity index (χ0n) is 15.4. The summed E-state index contributed by atoms with van der Waals surface area (Å²) >= 11 is 1.76. The SMILES string of the molecule is CCOC(=O)[C@@H](c1ncn2c1CCC2)N1Cc2c(cc(I)cc2C(F)(F)F)C1=O. The van der Waals surface area contributed by atoms with Crippen molar-refractivity contribution in [3.8, 4) is 0 Å². The maximum absolute atomic E-state index is 13.6. The lowest BCUT2D eigenvalue weighted by molar-refractivity contribution is -0.149. The molecule has 0 N–H and O–H groups in total. The van der Waals surface area contributed by atoms with Crippen LogP contribution < -0.4 is 0 Å². The molecule has 0 saturated heterocycles. The van der Waals surface area contributed by atoms with Crippen LogP contribution in [0.1, 0.15) is 52.3 Å². The number of carbonyl (C=O) groups is 2. The summed E-state index contributed by atoms with van der Waals surface area (Å²) in [5.74, 6) is -1.31. The highest BCUT2D eigenvalue weighted by molar-refractivity contribution is 14.1. The third-order valence-electron chi connectivity index (χ3n) is 5.21. The van der Waals surface area contributed by atoms with Gasteiger partial charge in [-0.25, -0.2) is 9.78 Å². The van der Waals surface area contributed by atoms with Gasteiger partial charge in [0, 0.05) is 27.9 Å². The predicted molar refractivity (Wildman–Crippen MR) is 104 cm³/mol. The summed E-state index contributed by atoms with van der Waals surface area (Å²) in [5.41, 5.74) is 0.193. The number of amides is 1. The van der Waals surface area contributed by atoms with Crippen molar-refractivity contribution in [2.45, 2.75) is 45.1 Å². The highest BCUT2D eigenvalue weighted by Gasteiger charge is 2.45. The van der Waals surface area contributed by atoms with Crippen LogP contribution in [0.3, 0.4) is 0 Å². The van der Waals surface area contributed by atoms with Crippen LogP contribution in [0.2, 0.25) is 0 Å². The van der Waals surface area contributed by atoms with E-state index in [0.717, 1.165) is 29.6 Å². The van der Waals surface area contributed by atoms with Crippen molar-refractivity contribution >= 4 is 34.5 Å². The predicted octanol–water partition coefficient (Wildman–Crippen LogP) is 3.71. The van der Waals surface area contributed by atoms with Crippen LogP contribution in [0, 0.1) is 3.57 Å². The van der Waals surface area contributed by atoms with Gasteiger partial charge in [-0.15, -0.1) is 0 Å². The Hall–Kier alpha value is -2.11. The Kier molecular flexibility index (Phi) is 5.07. The van der Waals surface area contributed by atoms with E-state index in [9.17, 15) is 22.8 Å². The number of rotatable bonds is 4. The molecule has 6 nitrogen and oxygen atoms in total. The number of fused-ring (bicyclic) bond motifs is 2. The lowest BCUT2D eigenvalue weighted by Crippen LogP contribution is -2.36. The quantitative estimate of drug-likeness (QED) is 0.457. The molecule has 2 aliphatic heterocycles. The molecular formula is C19H17F3IN3O3. The number of benzene rings is 1. The summed E-state index contributed by atoms with van der Waals surface area (Å²) in [5, 5.41) is 0. The Morgan fingerprint density at radius 3 is 2.83 bits per heavy atom. The van der Waals surface area contributed by atoms with Crippen molar-refractivity contribution in [1.29, 1.82) is 0 Å². The number of imidazole rings is 1. The Bertz CT molecular complexity index is 1000. The second-order valence-electron chi connectivity index (χ2n) is 6.94. The minimum absolute atomic E-state index is 0.0330. The van der Waals surface area contributed by atoms with E-state index < -0.39 is 29.7 Å². The Morgan fingerprint density at radius 1 is 1.38 bits per heavy atom. The van der Waals surface area contributed by atoms with Crippen LogP contribution >= 0.6 is 22.6 Å². The molecule has 3 heterocycles. The fourth-order valence-corrected chi connectivity index (χ4v) is 4.62. The van der Waals surface area contributed by atoms with E-state index in [1.807, 2.05) is 4.57 Å². The van der Waals surface area contributed by atoms with E-state index in [4.69, 9.17) is 4.74 Å². The number of nitrogens with zero attached hydrogens (tertiary/aromatic N) is 3. The average Bonchev–Trinajstić information content (AvgIpc) is 3.32. The Labute approximate surface area is 178 Å². The van der Waals surface area contributed by atoms with E-state index >= 15 is 0 Å². The van der Waals surface area contributed by atoms with Crippen LogP contribution in [0.5, 0.6) is 0 Å². The van der Waals surface area contributed by atoms with Gasteiger partial charge in [0.05, 0.1) is 24.2 Å². The Morgan fingerprint density at radius 2 is 2.14 bits per heavy atom. The van der Waals surface area contributed by atoms with Crippen molar-refractivity contribution in [2.75, 3.05) is 6.61 Å². The van der Waals surface area contributed by atoms with Gasteiger partial charge in [0.15, 0.2) is 6.04 Å². The molecule has 1 aromatic heterocycles.